The number of hydrogen-bond acceptors (Lipinski definition) is 0. The van der Waals surface area contributed by atoms with Crippen molar-refractivity contribution < 1.29 is 4.39 Å². The maximum Gasteiger partial charge on any atom is 0.129 e. The maximum atomic E-state index is 13.6. The van der Waals surface area contributed by atoms with Gasteiger partial charge < -0.3 is 0 Å². The lowest BCUT2D eigenvalue weighted by Crippen LogP contribution is -2.01. The first-order chi connectivity index (χ1) is 6.27. The molecule has 0 fully saturated rings. The summed E-state index contributed by atoms with van der Waals surface area (Å²) in [7, 11) is 0. The number of rotatable bonds is 0. The second-order valence-electron chi connectivity index (χ2n) is 3.60. The van der Waals surface area contributed by atoms with Crippen LogP contribution in [0.15, 0.2) is 12.1 Å². The zero-order valence-corrected chi connectivity index (χ0v) is 8.20. The van der Waals surface area contributed by atoms with E-state index in [1.807, 2.05) is 0 Å². The van der Waals surface area contributed by atoms with E-state index in [2.05, 4.69) is 0 Å². The molecule has 0 atom stereocenters. The zero-order valence-electron chi connectivity index (χ0n) is 7.45. The fourth-order valence-corrected chi connectivity index (χ4v) is 2.14. The summed E-state index contributed by atoms with van der Waals surface area (Å²) in [6.45, 7) is 0. The normalized spacial score (nSPS) is 16.5. The van der Waals surface area contributed by atoms with Gasteiger partial charge in [0.15, 0.2) is 0 Å². The van der Waals surface area contributed by atoms with Crippen LogP contribution in [0, 0.1) is 5.82 Å². The highest BCUT2D eigenvalue weighted by molar-refractivity contribution is 6.30. The molecule has 0 N–H and O–H groups in total. The van der Waals surface area contributed by atoms with Gasteiger partial charge in [-0.3, -0.25) is 0 Å². The highest BCUT2D eigenvalue weighted by atomic mass is 35.5. The van der Waals surface area contributed by atoms with E-state index < -0.39 is 0 Å². The summed E-state index contributed by atoms with van der Waals surface area (Å²) >= 11 is 5.89. The first kappa shape index (κ1) is 9.01. The summed E-state index contributed by atoms with van der Waals surface area (Å²) in [6.07, 6.45) is 5.02. The van der Waals surface area contributed by atoms with Crippen LogP contribution in [-0.4, -0.2) is 0 Å². The van der Waals surface area contributed by atoms with Crippen molar-refractivity contribution in [1.82, 2.24) is 0 Å². The van der Waals surface area contributed by atoms with Crippen molar-refractivity contribution in [3.63, 3.8) is 0 Å². The Hall–Kier alpha value is -0.560. The van der Waals surface area contributed by atoms with E-state index in [1.54, 1.807) is 12.1 Å². The van der Waals surface area contributed by atoms with Crippen molar-refractivity contribution >= 4 is 11.6 Å². The van der Waals surface area contributed by atoms with E-state index in [-0.39, 0.29) is 5.82 Å². The number of hydrogen-bond donors (Lipinski definition) is 0. The third kappa shape index (κ3) is 1.86. The molecule has 0 radical (unpaired) electrons. The lowest BCUT2D eigenvalue weighted by atomic mass is 9.96. The van der Waals surface area contributed by atoms with Crippen LogP contribution >= 0.6 is 11.6 Å². The molecule has 1 aromatic carbocycles. The Morgan fingerprint density at radius 1 is 1.00 bits per heavy atom. The van der Waals surface area contributed by atoms with Crippen molar-refractivity contribution in [1.29, 1.82) is 0 Å². The van der Waals surface area contributed by atoms with Gasteiger partial charge >= 0.3 is 0 Å². The third-order valence-electron chi connectivity index (χ3n) is 2.58. The van der Waals surface area contributed by atoms with Gasteiger partial charge in [0.1, 0.15) is 5.82 Å². The van der Waals surface area contributed by atoms with Gasteiger partial charge in [-0.15, -0.1) is 0 Å². The Morgan fingerprint density at radius 2 is 1.54 bits per heavy atom. The molecule has 1 aliphatic rings. The van der Waals surface area contributed by atoms with E-state index in [1.165, 1.54) is 6.42 Å². The van der Waals surface area contributed by atoms with Crippen LogP contribution in [0.3, 0.4) is 0 Å². The summed E-state index contributed by atoms with van der Waals surface area (Å²) in [5.41, 5.74) is 1.59. The van der Waals surface area contributed by atoms with Crippen molar-refractivity contribution in [2.24, 2.45) is 0 Å². The molecule has 2 bridgehead atoms. The summed E-state index contributed by atoms with van der Waals surface area (Å²) in [5.74, 6) is -0.0240. The van der Waals surface area contributed by atoms with Crippen molar-refractivity contribution in [2.75, 3.05) is 0 Å². The van der Waals surface area contributed by atoms with E-state index in [0.29, 0.717) is 5.02 Å². The summed E-state index contributed by atoms with van der Waals surface area (Å²) in [4.78, 5) is 0. The van der Waals surface area contributed by atoms with Gasteiger partial charge in [0, 0.05) is 5.02 Å². The number of fused-ring (bicyclic) bond motifs is 2. The molecular weight excluding hydrogens is 187 g/mol. The summed E-state index contributed by atoms with van der Waals surface area (Å²) in [6, 6.07) is 3.51. The quantitative estimate of drug-likeness (QED) is 0.596. The van der Waals surface area contributed by atoms with Crippen molar-refractivity contribution in [2.45, 2.75) is 32.1 Å². The molecule has 2 rings (SSSR count). The molecule has 1 aliphatic carbocycles. The van der Waals surface area contributed by atoms with Gasteiger partial charge in [-0.1, -0.05) is 18.0 Å². The molecule has 0 unspecified atom stereocenters. The minimum Gasteiger partial charge on any atom is -0.206 e. The van der Waals surface area contributed by atoms with Gasteiger partial charge in [-0.25, -0.2) is 4.39 Å². The fraction of sp³-hybridized carbons (Fsp3) is 0.455. The number of aryl methyl sites for hydroxylation is 2. The van der Waals surface area contributed by atoms with E-state index in [9.17, 15) is 4.39 Å². The minimum atomic E-state index is -0.0240. The van der Waals surface area contributed by atoms with Crippen LogP contribution in [0.1, 0.15) is 30.4 Å². The Labute approximate surface area is 82.7 Å². The molecule has 1 aromatic rings. The van der Waals surface area contributed by atoms with Gasteiger partial charge in [0.05, 0.1) is 0 Å². The SMILES string of the molecule is Fc1c2cc(Cl)cc1CCCCC2. The van der Waals surface area contributed by atoms with Crippen molar-refractivity contribution in [3.05, 3.63) is 34.1 Å². The summed E-state index contributed by atoms with van der Waals surface area (Å²) < 4.78 is 13.6. The Morgan fingerprint density at radius 3 is 2.08 bits per heavy atom. The van der Waals surface area contributed by atoms with Gasteiger partial charge in [0.25, 0.3) is 0 Å². The highest BCUT2D eigenvalue weighted by Crippen LogP contribution is 2.25. The summed E-state index contributed by atoms with van der Waals surface area (Å²) in [5, 5.41) is 0.674. The molecule has 13 heavy (non-hydrogen) atoms. The van der Waals surface area contributed by atoms with Crippen LogP contribution < -0.4 is 0 Å². The van der Waals surface area contributed by atoms with Crippen LogP contribution in [0.25, 0.3) is 0 Å². The topological polar surface area (TPSA) is 0 Å². The van der Waals surface area contributed by atoms with Crippen molar-refractivity contribution in [3.8, 4) is 0 Å². The Balaban J connectivity index is 2.48. The lowest BCUT2D eigenvalue weighted by Gasteiger charge is -2.12. The monoisotopic (exact) mass is 198 g/mol. The zero-order chi connectivity index (χ0) is 9.26. The maximum absolute atomic E-state index is 13.6. The Bertz CT molecular complexity index is 293. The molecular formula is C11H12ClF. The number of benzene rings is 1. The Kier molecular flexibility index (Phi) is 2.54. The fourth-order valence-electron chi connectivity index (χ4n) is 1.88. The molecule has 0 spiro atoms. The van der Waals surface area contributed by atoms with Crippen LogP contribution in [0.4, 0.5) is 4.39 Å². The second-order valence-corrected chi connectivity index (χ2v) is 4.04. The predicted molar refractivity (Wildman–Crippen MR) is 52.7 cm³/mol. The average Bonchev–Trinajstić information content (AvgIpc) is 2.11. The molecule has 0 heterocycles. The molecule has 0 nitrogen and oxygen atoms in total. The molecule has 0 aromatic heterocycles. The van der Waals surface area contributed by atoms with E-state index >= 15 is 0 Å². The molecule has 0 amide bonds. The molecule has 2 heteroatoms. The first-order valence-electron chi connectivity index (χ1n) is 4.74. The van der Waals surface area contributed by atoms with Crippen LogP contribution in [-0.2, 0) is 12.8 Å². The molecule has 0 aliphatic heterocycles. The number of halogens is 2. The average molecular weight is 199 g/mol. The van der Waals surface area contributed by atoms with Gasteiger partial charge in [-0.2, -0.15) is 0 Å². The molecule has 0 saturated carbocycles. The first-order valence-corrected chi connectivity index (χ1v) is 5.12. The second kappa shape index (κ2) is 3.67. The van der Waals surface area contributed by atoms with Crippen LogP contribution in [0.5, 0.6) is 0 Å². The smallest absolute Gasteiger partial charge is 0.129 e. The molecule has 70 valence electrons. The van der Waals surface area contributed by atoms with Gasteiger partial charge in [0.2, 0.25) is 0 Å². The minimum absolute atomic E-state index is 0.0240. The van der Waals surface area contributed by atoms with E-state index in [0.717, 1.165) is 36.8 Å². The predicted octanol–water partition coefficient (Wildman–Crippen LogP) is 3.75. The van der Waals surface area contributed by atoms with Gasteiger partial charge in [-0.05, 0) is 48.9 Å². The molecule has 0 saturated heterocycles. The van der Waals surface area contributed by atoms with Crippen LogP contribution in [0.2, 0.25) is 5.02 Å². The van der Waals surface area contributed by atoms with E-state index in [4.69, 9.17) is 11.6 Å². The third-order valence-corrected chi connectivity index (χ3v) is 2.80. The standard InChI is InChI=1S/C11H12ClF/c12-10-6-8-4-2-1-3-5-9(7-10)11(8)13/h6-7H,1-5H2. The lowest BCUT2D eigenvalue weighted by molar-refractivity contribution is 0.555. The largest absolute Gasteiger partial charge is 0.206 e. The highest BCUT2D eigenvalue weighted by Gasteiger charge is 2.12.